The van der Waals surface area contributed by atoms with Gasteiger partial charge in [0.1, 0.15) is 0 Å². The molecule has 1 aliphatic rings. The molecule has 5 heteroatoms. The number of hydrogen-bond acceptors (Lipinski definition) is 3. The van der Waals surface area contributed by atoms with Crippen molar-refractivity contribution in [2.75, 3.05) is 18.0 Å². The Morgan fingerprint density at radius 2 is 2.16 bits per heavy atom. The van der Waals surface area contributed by atoms with Gasteiger partial charge in [-0.2, -0.15) is 0 Å². The van der Waals surface area contributed by atoms with Gasteiger partial charge >= 0.3 is 5.97 Å². The van der Waals surface area contributed by atoms with Gasteiger partial charge in [0, 0.05) is 13.1 Å². The van der Waals surface area contributed by atoms with Crippen molar-refractivity contribution in [3.63, 3.8) is 0 Å². The number of piperidine rings is 1. The smallest absolute Gasteiger partial charge is 0.337 e. The average molecular weight is 262 g/mol. The maximum absolute atomic E-state index is 11.3. The lowest BCUT2D eigenvalue weighted by molar-refractivity contribution is -0.122. The van der Waals surface area contributed by atoms with Gasteiger partial charge < -0.3 is 15.7 Å². The Labute approximate surface area is 112 Å². The maximum Gasteiger partial charge on any atom is 0.337 e. The highest BCUT2D eigenvalue weighted by molar-refractivity contribution is 5.95. The predicted octanol–water partition coefficient (Wildman–Crippen LogP) is 1.39. The molecule has 0 aromatic heterocycles. The first kappa shape index (κ1) is 13.4. The molecule has 0 spiro atoms. The molecule has 0 aliphatic carbocycles. The van der Waals surface area contributed by atoms with Crippen LogP contribution in [0.5, 0.6) is 0 Å². The van der Waals surface area contributed by atoms with Gasteiger partial charge in [0.2, 0.25) is 5.91 Å². The van der Waals surface area contributed by atoms with Crippen LogP contribution in [0.15, 0.2) is 18.2 Å². The minimum atomic E-state index is -0.945. The number of aryl methyl sites for hydroxylation is 1. The summed E-state index contributed by atoms with van der Waals surface area (Å²) >= 11 is 0. The third kappa shape index (κ3) is 2.86. The average Bonchev–Trinajstić information content (AvgIpc) is 2.38. The van der Waals surface area contributed by atoms with Gasteiger partial charge in [-0.15, -0.1) is 0 Å². The molecule has 1 heterocycles. The normalized spacial score (nSPS) is 19.2. The van der Waals surface area contributed by atoms with Crippen LogP contribution in [-0.2, 0) is 4.79 Å². The van der Waals surface area contributed by atoms with E-state index in [0.29, 0.717) is 12.2 Å². The zero-order valence-electron chi connectivity index (χ0n) is 10.9. The number of nitrogens with zero attached hydrogens (tertiary/aromatic N) is 1. The lowest BCUT2D eigenvalue weighted by Crippen LogP contribution is -2.41. The van der Waals surface area contributed by atoms with E-state index in [1.54, 1.807) is 6.07 Å². The number of carbonyl (C=O) groups is 2. The van der Waals surface area contributed by atoms with Crippen LogP contribution in [0, 0.1) is 12.8 Å². The summed E-state index contributed by atoms with van der Waals surface area (Å²) in [5.41, 5.74) is 7.21. The quantitative estimate of drug-likeness (QED) is 0.862. The number of carbonyl (C=O) groups excluding carboxylic acids is 1. The monoisotopic (exact) mass is 262 g/mol. The van der Waals surface area contributed by atoms with Crippen LogP contribution in [-0.4, -0.2) is 30.1 Å². The number of hydrogen-bond donors (Lipinski definition) is 2. The summed E-state index contributed by atoms with van der Waals surface area (Å²) in [4.78, 5) is 24.5. The van der Waals surface area contributed by atoms with Crippen LogP contribution >= 0.6 is 0 Å². The molecule has 1 saturated heterocycles. The number of primary amides is 1. The second-order valence-corrected chi connectivity index (χ2v) is 5.01. The molecule has 0 bridgehead atoms. The Bertz CT molecular complexity index is 513. The van der Waals surface area contributed by atoms with E-state index >= 15 is 0 Å². The first-order valence-electron chi connectivity index (χ1n) is 6.37. The molecule has 1 atom stereocenters. The van der Waals surface area contributed by atoms with Gasteiger partial charge in [0.05, 0.1) is 17.2 Å². The summed E-state index contributed by atoms with van der Waals surface area (Å²) in [6, 6.07) is 5.35. The Hall–Kier alpha value is -2.04. The molecular formula is C14H18N2O3. The van der Waals surface area contributed by atoms with E-state index in [1.807, 2.05) is 24.0 Å². The summed E-state index contributed by atoms with van der Waals surface area (Å²) in [7, 11) is 0. The number of benzene rings is 1. The highest BCUT2D eigenvalue weighted by Gasteiger charge is 2.26. The number of aromatic carboxylic acids is 1. The van der Waals surface area contributed by atoms with Crippen LogP contribution in [0.4, 0.5) is 5.69 Å². The lowest BCUT2D eigenvalue weighted by atomic mass is 9.96. The van der Waals surface area contributed by atoms with Crippen molar-refractivity contribution >= 4 is 17.6 Å². The Morgan fingerprint density at radius 1 is 1.42 bits per heavy atom. The predicted molar refractivity (Wildman–Crippen MR) is 72.3 cm³/mol. The first-order chi connectivity index (χ1) is 8.99. The molecular weight excluding hydrogens is 244 g/mol. The molecule has 1 fully saturated rings. The van der Waals surface area contributed by atoms with Gasteiger partial charge in [-0.3, -0.25) is 4.79 Å². The summed E-state index contributed by atoms with van der Waals surface area (Å²) in [5, 5.41) is 9.28. The SMILES string of the molecule is Cc1ccc(N2CCCC(C(N)=O)C2)c(C(=O)O)c1. The largest absolute Gasteiger partial charge is 0.478 e. The van der Waals surface area contributed by atoms with Crippen LogP contribution in [0.1, 0.15) is 28.8 Å². The van der Waals surface area contributed by atoms with E-state index in [1.165, 1.54) is 0 Å². The van der Waals surface area contributed by atoms with Crippen LogP contribution in [0.3, 0.4) is 0 Å². The van der Waals surface area contributed by atoms with Crippen molar-refractivity contribution in [2.45, 2.75) is 19.8 Å². The van der Waals surface area contributed by atoms with Crippen LogP contribution in [0.2, 0.25) is 0 Å². The van der Waals surface area contributed by atoms with Crippen molar-refractivity contribution < 1.29 is 14.7 Å². The van der Waals surface area contributed by atoms with Gasteiger partial charge in [0.15, 0.2) is 0 Å². The number of rotatable bonds is 3. The van der Waals surface area contributed by atoms with Crippen molar-refractivity contribution in [1.29, 1.82) is 0 Å². The zero-order valence-corrected chi connectivity index (χ0v) is 10.9. The van der Waals surface area contributed by atoms with Crippen LogP contribution < -0.4 is 10.6 Å². The molecule has 0 radical (unpaired) electrons. The number of carboxylic acid groups (broad SMARTS) is 1. The summed E-state index contributed by atoms with van der Waals surface area (Å²) in [6.07, 6.45) is 1.63. The molecule has 3 N–H and O–H groups in total. The number of carboxylic acids is 1. The Balaban J connectivity index is 2.30. The summed E-state index contributed by atoms with van der Waals surface area (Å²) in [5.74, 6) is -1.45. The van der Waals surface area contributed by atoms with E-state index in [2.05, 4.69) is 0 Å². The second-order valence-electron chi connectivity index (χ2n) is 5.01. The molecule has 102 valence electrons. The van der Waals surface area contributed by atoms with Crippen molar-refractivity contribution in [1.82, 2.24) is 0 Å². The van der Waals surface area contributed by atoms with Gasteiger partial charge in [-0.25, -0.2) is 4.79 Å². The first-order valence-corrected chi connectivity index (χ1v) is 6.37. The van der Waals surface area contributed by atoms with Gasteiger partial charge in [0.25, 0.3) is 0 Å². The van der Waals surface area contributed by atoms with Gasteiger partial charge in [-0.1, -0.05) is 11.6 Å². The van der Waals surface area contributed by atoms with Crippen molar-refractivity contribution in [3.8, 4) is 0 Å². The number of amides is 1. The molecule has 2 rings (SSSR count). The molecule has 1 amide bonds. The van der Waals surface area contributed by atoms with E-state index in [0.717, 1.165) is 24.9 Å². The van der Waals surface area contributed by atoms with Crippen molar-refractivity contribution in [2.24, 2.45) is 11.7 Å². The highest BCUT2D eigenvalue weighted by Crippen LogP contribution is 2.27. The molecule has 19 heavy (non-hydrogen) atoms. The number of anilines is 1. The zero-order chi connectivity index (χ0) is 14.0. The minimum Gasteiger partial charge on any atom is -0.478 e. The fraction of sp³-hybridized carbons (Fsp3) is 0.429. The third-order valence-corrected chi connectivity index (χ3v) is 3.55. The fourth-order valence-corrected chi connectivity index (χ4v) is 2.53. The third-order valence-electron chi connectivity index (χ3n) is 3.55. The number of nitrogens with two attached hydrogens (primary N) is 1. The summed E-state index contributed by atoms with van der Waals surface area (Å²) < 4.78 is 0. The minimum absolute atomic E-state index is 0.198. The maximum atomic E-state index is 11.3. The molecule has 1 aromatic rings. The molecule has 5 nitrogen and oxygen atoms in total. The van der Waals surface area contributed by atoms with E-state index in [4.69, 9.17) is 5.73 Å². The fourth-order valence-electron chi connectivity index (χ4n) is 2.53. The molecule has 0 saturated carbocycles. The topological polar surface area (TPSA) is 83.6 Å². The Morgan fingerprint density at radius 3 is 2.79 bits per heavy atom. The highest BCUT2D eigenvalue weighted by atomic mass is 16.4. The van der Waals surface area contributed by atoms with E-state index < -0.39 is 5.97 Å². The van der Waals surface area contributed by atoms with E-state index in [9.17, 15) is 14.7 Å². The van der Waals surface area contributed by atoms with Gasteiger partial charge in [-0.05, 0) is 31.9 Å². The summed E-state index contributed by atoms with van der Waals surface area (Å²) in [6.45, 7) is 3.12. The molecule has 1 unspecified atom stereocenters. The lowest BCUT2D eigenvalue weighted by Gasteiger charge is -2.33. The molecule has 1 aromatic carbocycles. The second kappa shape index (κ2) is 5.30. The van der Waals surface area contributed by atoms with Crippen molar-refractivity contribution in [3.05, 3.63) is 29.3 Å². The van der Waals surface area contributed by atoms with Crippen LogP contribution in [0.25, 0.3) is 0 Å². The Kier molecular flexibility index (Phi) is 3.74. The van der Waals surface area contributed by atoms with E-state index in [-0.39, 0.29) is 17.4 Å². The standard InChI is InChI=1S/C14H18N2O3/c1-9-4-5-12(11(7-9)14(18)19)16-6-2-3-10(8-16)13(15)17/h4-5,7,10H,2-3,6,8H2,1H3,(H2,15,17)(H,18,19). The molecule has 1 aliphatic heterocycles.